The smallest absolute Gasteiger partial charge is 0.408 e. The van der Waals surface area contributed by atoms with Gasteiger partial charge in [0.2, 0.25) is 0 Å². The molecule has 1 heterocycles. The Kier molecular flexibility index (Phi) is 6.08. The average Bonchev–Trinajstić information content (AvgIpc) is 2.55. The lowest BCUT2D eigenvalue weighted by Crippen LogP contribution is -2.53. The summed E-state index contributed by atoms with van der Waals surface area (Å²) in [5.74, 6) is -4.04. The van der Waals surface area contributed by atoms with E-state index in [2.05, 4.69) is 10.6 Å². The topological polar surface area (TPSA) is 76.7 Å². The predicted molar refractivity (Wildman–Crippen MR) is 81.5 cm³/mol. The number of alkyl halides is 2. The first kappa shape index (κ1) is 18.1. The molecule has 1 amide bonds. The van der Waals surface area contributed by atoms with Gasteiger partial charge in [-0.1, -0.05) is 30.3 Å². The van der Waals surface area contributed by atoms with Gasteiger partial charge in [0, 0.05) is 6.42 Å². The average molecular weight is 342 g/mol. The first-order valence-corrected chi connectivity index (χ1v) is 7.65. The molecule has 1 fully saturated rings. The number of hydrogen-bond acceptors (Lipinski definition) is 5. The van der Waals surface area contributed by atoms with Crippen molar-refractivity contribution in [3.8, 4) is 0 Å². The van der Waals surface area contributed by atoms with Gasteiger partial charge in [0.15, 0.2) is 6.10 Å². The fourth-order valence-electron chi connectivity index (χ4n) is 2.20. The van der Waals surface area contributed by atoms with E-state index in [-0.39, 0.29) is 13.0 Å². The van der Waals surface area contributed by atoms with Crippen molar-refractivity contribution in [3.63, 3.8) is 0 Å². The van der Waals surface area contributed by atoms with Crippen LogP contribution >= 0.6 is 0 Å². The van der Waals surface area contributed by atoms with Gasteiger partial charge in [0.25, 0.3) is 5.92 Å². The summed E-state index contributed by atoms with van der Waals surface area (Å²) in [5.41, 5.74) is 0.789. The molecule has 0 aliphatic carbocycles. The van der Waals surface area contributed by atoms with Crippen LogP contribution in [0.3, 0.4) is 0 Å². The fraction of sp³-hybridized carbons (Fsp3) is 0.500. The number of amides is 1. The van der Waals surface area contributed by atoms with Crippen molar-refractivity contribution in [2.24, 2.45) is 0 Å². The SMILES string of the molecule is C[C@H](NC(=O)OCc1ccccc1)C(=O)OC1CCNCC1(F)F. The maximum atomic E-state index is 13.6. The van der Waals surface area contributed by atoms with Crippen molar-refractivity contribution in [1.29, 1.82) is 0 Å². The molecule has 1 unspecified atom stereocenters. The van der Waals surface area contributed by atoms with Gasteiger partial charge >= 0.3 is 12.1 Å². The summed E-state index contributed by atoms with van der Waals surface area (Å²) in [6.07, 6.45) is -2.29. The zero-order valence-corrected chi connectivity index (χ0v) is 13.3. The van der Waals surface area contributed by atoms with Crippen LogP contribution in [0, 0.1) is 0 Å². The number of piperidine rings is 1. The van der Waals surface area contributed by atoms with Crippen LogP contribution in [0.2, 0.25) is 0 Å². The molecule has 0 saturated carbocycles. The number of hydrogen-bond donors (Lipinski definition) is 2. The van der Waals surface area contributed by atoms with Crippen LogP contribution in [0.5, 0.6) is 0 Å². The molecule has 1 aromatic carbocycles. The van der Waals surface area contributed by atoms with Gasteiger partial charge in [-0.05, 0) is 19.0 Å². The zero-order chi connectivity index (χ0) is 17.6. The minimum Gasteiger partial charge on any atom is -0.454 e. The standard InChI is InChI=1S/C16H20F2N2O4/c1-11(14(21)24-13-7-8-19-10-16(13,17)18)20-15(22)23-9-12-5-3-2-4-6-12/h2-6,11,13,19H,7-10H2,1H3,(H,20,22)/t11-,13?/m0/s1. The van der Waals surface area contributed by atoms with E-state index in [0.717, 1.165) is 5.56 Å². The number of benzene rings is 1. The lowest BCUT2D eigenvalue weighted by Gasteiger charge is -2.31. The second-order valence-corrected chi connectivity index (χ2v) is 5.58. The third-order valence-corrected chi connectivity index (χ3v) is 3.57. The Balaban J connectivity index is 1.77. The third-order valence-electron chi connectivity index (χ3n) is 3.57. The van der Waals surface area contributed by atoms with E-state index in [9.17, 15) is 18.4 Å². The van der Waals surface area contributed by atoms with E-state index in [1.165, 1.54) is 6.92 Å². The summed E-state index contributed by atoms with van der Waals surface area (Å²) >= 11 is 0. The number of carbonyl (C=O) groups excluding carboxylic acids is 2. The highest BCUT2D eigenvalue weighted by atomic mass is 19.3. The number of carbonyl (C=O) groups is 2. The van der Waals surface area contributed by atoms with Crippen molar-refractivity contribution < 1.29 is 27.8 Å². The van der Waals surface area contributed by atoms with E-state index >= 15 is 0 Å². The van der Waals surface area contributed by atoms with Gasteiger partial charge in [0.05, 0.1) is 6.54 Å². The Morgan fingerprint density at radius 3 is 2.75 bits per heavy atom. The second-order valence-electron chi connectivity index (χ2n) is 5.58. The van der Waals surface area contributed by atoms with Gasteiger partial charge in [-0.3, -0.25) is 0 Å². The van der Waals surface area contributed by atoms with Crippen LogP contribution in [0.4, 0.5) is 13.6 Å². The van der Waals surface area contributed by atoms with Crippen molar-refractivity contribution in [2.45, 2.75) is 38.0 Å². The van der Waals surface area contributed by atoms with E-state index in [0.29, 0.717) is 6.54 Å². The molecule has 0 bridgehead atoms. The van der Waals surface area contributed by atoms with E-state index in [1.807, 2.05) is 6.07 Å². The van der Waals surface area contributed by atoms with Crippen LogP contribution in [-0.2, 0) is 20.9 Å². The molecule has 2 N–H and O–H groups in total. The molecule has 24 heavy (non-hydrogen) atoms. The number of rotatable bonds is 5. The summed E-state index contributed by atoms with van der Waals surface area (Å²) in [7, 11) is 0. The van der Waals surface area contributed by atoms with E-state index in [1.54, 1.807) is 24.3 Å². The van der Waals surface area contributed by atoms with E-state index in [4.69, 9.17) is 9.47 Å². The molecule has 8 heteroatoms. The molecule has 1 aliphatic rings. The number of nitrogens with one attached hydrogen (secondary N) is 2. The Bertz CT molecular complexity index is 568. The molecule has 2 rings (SSSR count). The van der Waals surface area contributed by atoms with Crippen LogP contribution in [0.25, 0.3) is 0 Å². The quantitative estimate of drug-likeness (QED) is 0.799. The largest absolute Gasteiger partial charge is 0.454 e. The molecule has 0 spiro atoms. The lowest BCUT2D eigenvalue weighted by molar-refractivity contribution is -0.179. The van der Waals surface area contributed by atoms with Crippen molar-refractivity contribution in [3.05, 3.63) is 35.9 Å². The molecule has 1 aromatic rings. The molecule has 1 aliphatic heterocycles. The highest BCUT2D eigenvalue weighted by Crippen LogP contribution is 2.26. The Morgan fingerprint density at radius 2 is 2.08 bits per heavy atom. The van der Waals surface area contributed by atoms with Gasteiger partial charge < -0.3 is 20.1 Å². The van der Waals surface area contributed by atoms with Crippen molar-refractivity contribution >= 4 is 12.1 Å². The number of esters is 1. The lowest BCUT2D eigenvalue weighted by atomic mass is 10.1. The first-order valence-electron chi connectivity index (χ1n) is 7.65. The second kappa shape index (κ2) is 8.05. The molecule has 0 aromatic heterocycles. The zero-order valence-electron chi connectivity index (χ0n) is 13.3. The molecule has 0 radical (unpaired) electrons. The maximum Gasteiger partial charge on any atom is 0.408 e. The van der Waals surface area contributed by atoms with Gasteiger partial charge in [0.1, 0.15) is 12.6 Å². The molecule has 6 nitrogen and oxygen atoms in total. The third kappa shape index (κ3) is 5.16. The molecule has 132 valence electrons. The number of ether oxygens (including phenoxy) is 2. The summed E-state index contributed by atoms with van der Waals surface area (Å²) in [6.45, 7) is 1.20. The minimum absolute atomic E-state index is 0.0178. The van der Waals surface area contributed by atoms with Crippen LogP contribution in [0.15, 0.2) is 30.3 Å². The normalized spacial score (nSPS) is 20.7. The highest BCUT2D eigenvalue weighted by molar-refractivity contribution is 5.81. The van der Waals surface area contributed by atoms with Gasteiger partial charge in [-0.25, -0.2) is 18.4 Å². The molecule has 1 saturated heterocycles. The minimum atomic E-state index is -3.12. The summed E-state index contributed by atoms with van der Waals surface area (Å²) in [4.78, 5) is 23.5. The first-order chi connectivity index (χ1) is 11.4. The number of halogens is 2. The van der Waals surface area contributed by atoms with E-state index < -0.39 is 36.7 Å². The Labute approximate surface area is 138 Å². The van der Waals surface area contributed by atoms with Gasteiger partial charge in [-0.2, -0.15) is 0 Å². The summed E-state index contributed by atoms with van der Waals surface area (Å²) in [5, 5.41) is 4.81. The van der Waals surface area contributed by atoms with Crippen LogP contribution in [0.1, 0.15) is 18.9 Å². The molecular weight excluding hydrogens is 322 g/mol. The molecular formula is C16H20F2N2O4. The Morgan fingerprint density at radius 1 is 1.38 bits per heavy atom. The van der Waals surface area contributed by atoms with Crippen molar-refractivity contribution in [2.75, 3.05) is 13.1 Å². The van der Waals surface area contributed by atoms with Crippen LogP contribution < -0.4 is 10.6 Å². The van der Waals surface area contributed by atoms with Gasteiger partial charge in [-0.15, -0.1) is 0 Å². The summed E-state index contributed by atoms with van der Waals surface area (Å²) < 4.78 is 37.0. The fourth-order valence-corrected chi connectivity index (χ4v) is 2.20. The molecule has 2 atom stereocenters. The van der Waals surface area contributed by atoms with Crippen molar-refractivity contribution in [1.82, 2.24) is 10.6 Å². The van der Waals surface area contributed by atoms with Crippen LogP contribution in [-0.4, -0.2) is 43.2 Å². The number of alkyl carbamates (subject to hydrolysis) is 1. The predicted octanol–water partition coefficient (Wildman–Crippen LogP) is 1.84. The maximum absolute atomic E-state index is 13.6. The monoisotopic (exact) mass is 342 g/mol. The Hall–Kier alpha value is -2.22. The highest BCUT2D eigenvalue weighted by Gasteiger charge is 2.44. The summed E-state index contributed by atoms with van der Waals surface area (Å²) in [6, 6.07) is 7.91.